The van der Waals surface area contributed by atoms with Crippen molar-refractivity contribution in [2.75, 3.05) is 14.2 Å². The Labute approximate surface area is 186 Å². The molecule has 0 bridgehead atoms. The summed E-state index contributed by atoms with van der Waals surface area (Å²) in [7, 11) is 4.16. The van der Waals surface area contributed by atoms with Crippen LogP contribution in [0.15, 0.2) is 24.3 Å². The Hall–Kier alpha value is -1.53. The van der Waals surface area contributed by atoms with Crippen molar-refractivity contribution < 1.29 is 9.47 Å². The van der Waals surface area contributed by atoms with E-state index in [0.717, 1.165) is 11.5 Å². The van der Waals surface area contributed by atoms with Crippen molar-refractivity contribution in [2.45, 2.75) is 85.2 Å². The van der Waals surface area contributed by atoms with E-state index in [4.69, 9.17) is 9.47 Å². The van der Waals surface area contributed by atoms with Crippen LogP contribution in [0, 0.1) is 0 Å². The van der Waals surface area contributed by atoms with Crippen LogP contribution >= 0.6 is 8.58 Å². The fourth-order valence-electron chi connectivity index (χ4n) is 3.90. The third kappa shape index (κ3) is 5.38. The van der Waals surface area contributed by atoms with E-state index in [9.17, 15) is 0 Å². The fourth-order valence-corrected chi connectivity index (χ4v) is 5.33. The molecule has 1 unspecified atom stereocenters. The van der Waals surface area contributed by atoms with Gasteiger partial charge in [0.15, 0.2) is 0 Å². The van der Waals surface area contributed by atoms with Crippen LogP contribution in [0.25, 0.3) is 11.1 Å². The Balaban J connectivity index is 3.05. The molecule has 0 spiro atoms. The van der Waals surface area contributed by atoms with Crippen molar-refractivity contribution >= 4 is 13.9 Å². The zero-order valence-corrected chi connectivity index (χ0v) is 21.9. The van der Waals surface area contributed by atoms with Crippen LogP contribution in [-0.2, 0) is 0 Å². The summed E-state index contributed by atoms with van der Waals surface area (Å²) in [6.45, 7) is 20.6. The van der Waals surface area contributed by atoms with Crippen molar-refractivity contribution in [1.82, 2.24) is 0 Å². The van der Waals surface area contributed by atoms with E-state index in [1.807, 2.05) is 0 Å². The minimum Gasteiger partial charge on any atom is -0.496 e. The number of ether oxygens (including phenoxy) is 2. The van der Waals surface area contributed by atoms with Crippen molar-refractivity contribution in [1.29, 1.82) is 0 Å². The Kier molecular flexibility index (Phi) is 8.03. The quantitative estimate of drug-likeness (QED) is 0.418. The van der Waals surface area contributed by atoms with Gasteiger partial charge in [-0.1, -0.05) is 83.0 Å². The number of rotatable bonds is 7. The van der Waals surface area contributed by atoms with Crippen molar-refractivity contribution in [2.24, 2.45) is 0 Å². The van der Waals surface area contributed by atoms with Gasteiger partial charge in [-0.15, -0.1) is 0 Å². The number of methoxy groups -OCH3 is 2. The monoisotopic (exact) mass is 428 g/mol. The van der Waals surface area contributed by atoms with E-state index in [1.165, 1.54) is 33.1 Å². The molecule has 0 amide bonds. The Morgan fingerprint density at radius 3 is 1.53 bits per heavy atom. The van der Waals surface area contributed by atoms with Crippen molar-refractivity contribution in [3.8, 4) is 22.6 Å². The van der Waals surface area contributed by atoms with E-state index in [-0.39, 0.29) is 5.16 Å². The lowest BCUT2D eigenvalue weighted by Gasteiger charge is -2.29. The van der Waals surface area contributed by atoms with E-state index >= 15 is 0 Å². The molecule has 2 aromatic carbocycles. The molecule has 166 valence electrons. The molecule has 0 aliphatic carbocycles. The number of benzene rings is 2. The molecule has 3 heteroatoms. The third-order valence-electron chi connectivity index (χ3n) is 5.45. The predicted octanol–water partition coefficient (Wildman–Crippen LogP) is 7.84. The number of hydrogen-bond donors (Lipinski definition) is 0. The molecule has 0 aromatic heterocycles. The molecular formula is C27H41O2P. The molecule has 0 aliphatic heterocycles. The fraction of sp³-hybridized carbons (Fsp3) is 0.556. The summed E-state index contributed by atoms with van der Waals surface area (Å²) in [4.78, 5) is 0. The van der Waals surface area contributed by atoms with Crippen LogP contribution in [0.3, 0.4) is 0 Å². The third-order valence-corrected chi connectivity index (χ3v) is 6.95. The molecule has 0 aliphatic rings. The van der Waals surface area contributed by atoms with E-state index < -0.39 is 0 Å². The number of hydrogen-bond acceptors (Lipinski definition) is 2. The van der Waals surface area contributed by atoms with E-state index in [1.54, 1.807) is 14.2 Å². The zero-order chi connectivity index (χ0) is 22.8. The maximum Gasteiger partial charge on any atom is 0.127 e. The van der Waals surface area contributed by atoms with Gasteiger partial charge in [-0.2, -0.15) is 0 Å². The molecule has 0 saturated heterocycles. The van der Waals surface area contributed by atoms with Gasteiger partial charge in [-0.3, -0.25) is 0 Å². The maximum atomic E-state index is 5.95. The van der Waals surface area contributed by atoms with Crippen LogP contribution in [0.2, 0.25) is 0 Å². The summed E-state index contributed by atoms with van der Waals surface area (Å²) in [5.41, 5.74) is 6.76. The molecule has 0 heterocycles. The molecule has 1 atom stereocenters. The molecule has 2 rings (SSSR count). The predicted molar refractivity (Wildman–Crippen MR) is 135 cm³/mol. The highest BCUT2D eigenvalue weighted by molar-refractivity contribution is 7.49. The van der Waals surface area contributed by atoms with Gasteiger partial charge in [0, 0.05) is 10.9 Å². The first-order valence-corrected chi connectivity index (χ1v) is 12.1. The lowest BCUT2D eigenvalue weighted by molar-refractivity contribution is 0.407. The summed E-state index contributed by atoms with van der Waals surface area (Å²) < 4.78 is 11.8. The SMILES string of the molecule is COc1ccc(OC)c(-c2c(C(C)C)cc(C(C)C)cc2C(C)C)c1PC(C)(C)C. The van der Waals surface area contributed by atoms with Crippen LogP contribution in [-0.4, -0.2) is 19.4 Å². The topological polar surface area (TPSA) is 18.5 Å². The van der Waals surface area contributed by atoms with Crippen LogP contribution < -0.4 is 14.8 Å². The molecule has 2 nitrogen and oxygen atoms in total. The van der Waals surface area contributed by atoms with Gasteiger partial charge in [0.2, 0.25) is 0 Å². The highest BCUT2D eigenvalue weighted by atomic mass is 31.1. The van der Waals surface area contributed by atoms with Crippen LogP contribution in [0.5, 0.6) is 11.5 Å². The first kappa shape index (κ1) is 24.7. The second kappa shape index (κ2) is 9.73. The minimum absolute atomic E-state index is 0.155. The second-order valence-electron chi connectivity index (χ2n) is 10.1. The van der Waals surface area contributed by atoms with Gasteiger partial charge >= 0.3 is 0 Å². The molecule has 0 saturated carbocycles. The second-order valence-corrected chi connectivity index (χ2v) is 12.4. The molecule has 0 N–H and O–H groups in total. The smallest absolute Gasteiger partial charge is 0.127 e. The summed E-state index contributed by atoms with van der Waals surface area (Å²) >= 11 is 0. The Bertz CT molecular complexity index is 844. The Morgan fingerprint density at radius 1 is 0.700 bits per heavy atom. The van der Waals surface area contributed by atoms with E-state index in [2.05, 4.69) is 86.6 Å². The lowest BCUT2D eigenvalue weighted by atomic mass is 9.81. The molecule has 0 fully saturated rings. The molecular weight excluding hydrogens is 387 g/mol. The summed E-state index contributed by atoms with van der Waals surface area (Å²) in [5, 5.41) is 1.42. The van der Waals surface area contributed by atoms with Gasteiger partial charge in [-0.05, 0) is 57.3 Å². The van der Waals surface area contributed by atoms with Gasteiger partial charge in [0.25, 0.3) is 0 Å². The average Bonchev–Trinajstić information content (AvgIpc) is 2.65. The van der Waals surface area contributed by atoms with Crippen molar-refractivity contribution in [3.05, 3.63) is 41.0 Å². The average molecular weight is 429 g/mol. The Morgan fingerprint density at radius 2 is 1.17 bits per heavy atom. The lowest BCUT2D eigenvalue weighted by Crippen LogP contribution is -2.17. The first-order chi connectivity index (χ1) is 13.9. The largest absolute Gasteiger partial charge is 0.496 e. The summed E-state index contributed by atoms with van der Waals surface area (Å²) in [6.07, 6.45) is 0. The van der Waals surface area contributed by atoms with Crippen molar-refractivity contribution in [3.63, 3.8) is 0 Å². The minimum atomic E-state index is 0.155. The highest BCUT2D eigenvalue weighted by Gasteiger charge is 2.27. The standard InChI is InChI=1S/C27H41O2P/c1-16(2)19-14-20(17(3)4)24(21(15-19)18(5)6)25-22(28-10)12-13-23(29-11)26(25)30-27(7,8)9/h12-18,30H,1-11H3. The molecule has 2 aromatic rings. The summed E-state index contributed by atoms with van der Waals surface area (Å²) in [6, 6.07) is 8.96. The van der Waals surface area contributed by atoms with Gasteiger partial charge < -0.3 is 9.47 Å². The summed E-state index contributed by atoms with van der Waals surface area (Å²) in [5.74, 6) is 3.22. The normalized spacial score (nSPS) is 12.6. The van der Waals surface area contributed by atoms with Gasteiger partial charge in [-0.25, -0.2) is 0 Å². The molecule has 30 heavy (non-hydrogen) atoms. The van der Waals surface area contributed by atoms with Crippen LogP contribution in [0.1, 0.15) is 96.8 Å². The first-order valence-electron chi connectivity index (χ1n) is 11.1. The van der Waals surface area contributed by atoms with Gasteiger partial charge in [0.1, 0.15) is 11.5 Å². The zero-order valence-electron chi connectivity index (χ0n) is 20.9. The highest BCUT2D eigenvalue weighted by Crippen LogP contribution is 2.46. The van der Waals surface area contributed by atoms with Crippen LogP contribution in [0.4, 0.5) is 0 Å². The van der Waals surface area contributed by atoms with Gasteiger partial charge in [0.05, 0.1) is 14.2 Å². The maximum absolute atomic E-state index is 5.95. The van der Waals surface area contributed by atoms with E-state index in [0.29, 0.717) is 26.3 Å². The molecule has 0 radical (unpaired) electrons.